The molecule has 0 spiro atoms. The van der Waals surface area contributed by atoms with E-state index in [1.54, 1.807) is 4.90 Å². The summed E-state index contributed by atoms with van der Waals surface area (Å²) < 4.78 is 38.0. The second kappa shape index (κ2) is 7.23. The zero-order chi connectivity index (χ0) is 16.2. The molecule has 124 valence electrons. The molecule has 1 aromatic rings. The fourth-order valence-electron chi connectivity index (χ4n) is 2.51. The number of hydrogen-bond acceptors (Lipinski definition) is 5. The van der Waals surface area contributed by atoms with Gasteiger partial charge in [0.25, 0.3) is 0 Å². The van der Waals surface area contributed by atoms with Gasteiger partial charge < -0.3 is 10.0 Å². The SMILES string of the molecule is CCCC(O)CN1CCN(c2nccc(C(F)(F)F)n2)CC1. The van der Waals surface area contributed by atoms with E-state index in [4.69, 9.17) is 0 Å². The monoisotopic (exact) mass is 318 g/mol. The molecule has 0 amide bonds. The molecule has 5 nitrogen and oxygen atoms in total. The van der Waals surface area contributed by atoms with Crippen LogP contribution in [0.4, 0.5) is 19.1 Å². The zero-order valence-corrected chi connectivity index (χ0v) is 12.6. The molecule has 1 N–H and O–H groups in total. The summed E-state index contributed by atoms with van der Waals surface area (Å²) >= 11 is 0. The lowest BCUT2D eigenvalue weighted by Crippen LogP contribution is -2.49. The van der Waals surface area contributed by atoms with Crippen LogP contribution >= 0.6 is 0 Å². The molecule has 2 rings (SSSR count). The fourth-order valence-corrected chi connectivity index (χ4v) is 2.51. The van der Waals surface area contributed by atoms with Gasteiger partial charge in [-0.2, -0.15) is 13.2 Å². The van der Waals surface area contributed by atoms with Gasteiger partial charge in [-0.3, -0.25) is 4.90 Å². The van der Waals surface area contributed by atoms with Crippen LogP contribution in [0.5, 0.6) is 0 Å². The normalized spacial score (nSPS) is 18.5. The lowest BCUT2D eigenvalue weighted by atomic mass is 10.2. The standard InChI is InChI=1S/C14H21F3N4O/c1-2-3-11(22)10-20-6-8-21(9-7-20)13-18-5-4-12(19-13)14(15,16)17/h4-5,11,22H,2-3,6-10H2,1H3. The van der Waals surface area contributed by atoms with Crippen molar-refractivity contribution in [1.29, 1.82) is 0 Å². The number of piperazine rings is 1. The van der Waals surface area contributed by atoms with Gasteiger partial charge in [-0.1, -0.05) is 13.3 Å². The average Bonchev–Trinajstić information content (AvgIpc) is 2.47. The highest BCUT2D eigenvalue weighted by molar-refractivity contribution is 5.31. The largest absolute Gasteiger partial charge is 0.433 e. The number of aromatic nitrogens is 2. The molecule has 8 heteroatoms. The third-order valence-electron chi connectivity index (χ3n) is 3.68. The lowest BCUT2D eigenvalue weighted by molar-refractivity contribution is -0.141. The Balaban J connectivity index is 1.92. The first kappa shape index (κ1) is 17.0. The van der Waals surface area contributed by atoms with Crippen LogP contribution in [0.2, 0.25) is 0 Å². The Kier molecular flexibility index (Phi) is 5.57. The molecule has 22 heavy (non-hydrogen) atoms. The Labute approximate surface area is 127 Å². The lowest BCUT2D eigenvalue weighted by Gasteiger charge is -2.35. The Morgan fingerprint density at radius 2 is 1.95 bits per heavy atom. The summed E-state index contributed by atoms with van der Waals surface area (Å²) in [7, 11) is 0. The summed E-state index contributed by atoms with van der Waals surface area (Å²) in [4.78, 5) is 11.4. The van der Waals surface area contributed by atoms with Gasteiger partial charge >= 0.3 is 6.18 Å². The highest BCUT2D eigenvalue weighted by atomic mass is 19.4. The van der Waals surface area contributed by atoms with Crippen molar-refractivity contribution in [3.05, 3.63) is 18.0 Å². The number of halogens is 3. The number of hydrogen-bond donors (Lipinski definition) is 1. The molecule has 0 bridgehead atoms. The number of alkyl halides is 3. The van der Waals surface area contributed by atoms with Crippen molar-refractivity contribution in [2.75, 3.05) is 37.6 Å². The van der Waals surface area contributed by atoms with Crippen LogP contribution in [0.3, 0.4) is 0 Å². The smallest absolute Gasteiger partial charge is 0.392 e. The summed E-state index contributed by atoms with van der Waals surface area (Å²) in [5, 5.41) is 9.81. The summed E-state index contributed by atoms with van der Waals surface area (Å²) in [5.41, 5.74) is -0.918. The Morgan fingerprint density at radius 1 is 1.27 bits per heavy atom. The predicted molar refractivity (Wildman–Crippen MR) is 76.6 cm³/mol. The Hall–Kier alpha value is -1.41. The quantitative estimate of drug-likeness (QED) is 0.897. The van der Waals surface area contributed by atoms with E-state index in [1.807, 2.05) is 6.92 Å². The third kappa shape index (κ3) is 4.54. The maximum absolute atomic E-state index is 12.7. The van der Waals surface area contributed by atoms with Crippen molar-refractivity contribution in [1.82, 2.24) is 14.9 Å². The van der Waals surface area contributed by atoms with Gasteiger partial charge in [0.05, 0.1) is 6.10 Å². The maximum Gasteiger partial charge on any atom is 0.433 e. The molecule has 2 heterocycles. The van der Waals surface area contributed by atoms with Crippen molar-refractivity contribution >= 4 is 5.95 Å². The number of aliphatic hydroxyl groups is 1. The van der Waals surface area contributed by atoms with Gasteiger partial charge in [0.1, 0.15) is 5.69 Å². The van der Waals surface area contributed by atoms with Crippen LogP contribution in [0, 0.1) is 0 Å². The summed E-state index contributed by atoms with van der Waals surface area (Å²) in [5.74, 6) is 0.114. The van der Waals surface area contributed by atoms with Crippen LogP contribution in [0.1, 0.15) is 25.5 Å². The van der Waals surface area contributed by atoms with E-state index in [9.17, 15) is 18.3 Å². The van der Waals surface area contributed by atoms with Crippen molar-refractivity contribution in [2.24, 2.45) is 0 Å². The number of β-amino-alcohol motifs (C(OH)–C–C–N with tert-alkyl or cyclic N) is 1. The fraction of sp³-hybridized carbons (Fsp3) is 0.714. The van der Waals surface area contributed by atoms with E-state index in [0.29, 0.717) is 32.7 Å². The van der Waals surface area contributed by atoms with Crippen LogP contribution in [0.15, 0.2) is 12.3 Å². The molecule has 0 saturated carbocycles. The van der Waals surface area contributed by atoms with Gasteiger partial charge in [-0.15, -0.1) is 0 Å². The molecular weight excluding hydrogens is 297 g/mol. The molecule has 0 aromatic carbocycles. The first-order chi connectivity index (χ1) is 10.4. The second-order valence-electron chi connectivity index (χ2n) is 5.47. The molecule has 1 fully saturated rings. The Bertz CT molecular complexity index is 475. The number of rotatable bonds is 5. The van der Waals surface area contributed by atoms with E-state index < -0.39 is 11.9 Å². The minimum Gasteiger partial charge on any atom is -0.392 e. The molecule has 1 saturated heterocycles. The summed E-state index contributed by atoms with van der Waals surface area (Å²) in [6.45, 7) is 5.10. The van der Waals surface area contributed by atoms with E-state index in [0.717, 1.165) is 25.1 Å². The van der Waals surface area contributed by atoms with E-state index in [2.05, 4.69) is 14.9 Å². The first-order valence-electron chi connectivity index (χ1n) is 7.45. The number of nitrogens with zero attached hydrogens (tertiary/aromatic N) is 4. The predicted octanol–water partition coefficient (Wildman–Crippen LogP) is 1.78. The first-order valence-corrected chi connectivity index (χ1v) is 7.45. The van der Waals surface area contributed by atoms with Crippen molar-refractivity contribution in [2.45, 2.75) is 32.0 Å². The highest BCUT2D eigenvalue weighted by Gasteiger charge is 2.33. The number of aliphatic hydroxyl groups excluding tert-OH is 1. The topological polar surface area (TPSA) is 52.5 Å². The van der Waals surface area contributed by atoms with E-state index >= 15 is 0 Å². The van der Waals surface area contributed by atoms with Crippen LogP contribution in [-0.4, -0.2) is 58.8 Å². The molecular formula is C14H21F3N4O. The Morgan fingerprint density at radius 3 is 2.55 bits per heavy atom. The number of anilines is 1. The van der Waals surface area contributed by atoms with Crippen molar-refractivity contribution < 1.29 is 18.3 Å². The minimum absolute atomic E-state index is 0.114. The second-order valence-corrected chi connectivity index (χ2v) is 5.47. The summed E-state index contributed by atoms with van der Waals surface area (Å²) in [6, 6.07) is 0.876. The minimum atomic E-state index is -4.45. The van der Waals surface area contributed by atoms with Gasteiger partial charge in [0.15, 0.2) is 0 Å². The molecule has 0 radical (unpaired) electrons. The van der Waals surface area contributed by atoms with Crippen LogP contribution in [0.25, 0.3) is 0 Å². The maximum atomic E-state index is 12.7. The molecule has 1 aliphatic heterocycles. The van der Waals surface area contributed by atoms with Crippen molar-refractivity contribution in [3.63, 3.8) is 0 Å². The highest BCUT2D eigenvalue weighted by Crippen LogP contribution is 2.28. The third-order valence-corrected chi connectivity index (χ3v) is 3.68. The van der Waals surface area contributed by atoms with Gasteiger partial charge in [-0.25, -0.2) is 9.97 Å². The molecule has 1 aliphatic rings. The van der Waals surface area contributed by atoms with Gasteiger partial charge in [0.2, 0.25) is 5.95 Å². The van der Waals surface area contributed by atoms with Gasteiger partial charge in [-0.05, 0) is 12.5 Å². The molecule has 1 aromatic heterocycles. The molecule has 0 aliphatic carbocycles. The van der Waals surface area contributed by atoms with E-state index in [1.165, 1.54) is 0 Å². The van der Waals surface area contributed by atoms with Crippen LogP contribution < -0.4 is 4.90 Å². The van der Waals surface area contributed by atoms with Gasteiger partial charge in [0, 0.05) is 38.9 Å². The van der Waals surface area contributed by atoms with Crippen molar-refractivity contribution in [3.8, 4) is 0 Å². The van der Waals surface area contributed by atoms with Crippen LogP contribution in [-0.2, 0) is 6.18 Å². The summed E-state index contributed by atoms with van der Waals surface area (Å²) in [6.07, 6.45) is -1.97. The average molecular weight is 318 g/mol. The molecule has 1 unspecified atom stereocenters. The molecule has 1 atom stereocenters. The zero-order valence-electron chi connectivity index (χ0n) is 12.6. The van der Waals surface area contributed by atoms with E-state index in [-0.39, 0.29) is 12.1 Å².